The second kappa shape index (κ2) is 12.5. The highest BCUT2D eigenvalue weighted by molar-refractivity contribution is 6.23. The first-order valence-electron chi connectivity index (χ1n) is 14.2. The van der Waals surface area contributed by atoms with Crippen molar-refractivity contribution < 1.29 is 38.3 Å². The second-order valence-electron chi connectivity index (χ2n) is 11.0. The molecule has 0 radical (unpaired) electrons. The fourth-order valence-corrected chi connectivity index (χ4v) is 6.28. The van der Waals surface area contributed by atoms with E-state index in [-0.39, 0.29) is 41.1 Å². The Kier molecular flexibility index (Phi) is 9.21. The van der Waals surface area contributed by atoms with Gasteiger partial charge in [0.2, 0.25) is 0 Å². The van der Waals surface area contributed by atoms with Crippen molar-refractivity contribution in [2.24, 2.45) is 23.5 Å². The van der Waals surface area contributed by atoms with Gasteiger partial charge in [0.25, 0.3) is 11.8 Å². The number of esters is 1. The van der Waals surface area contributed by atoms with Crippen LogP contribution >= 0.6 is 0 Å². The fourth-order valence-electron chi connectivity index (χ4n) is 6.28. The van der Waals surface area contributed by atoms with Crippen molar-refractivity contribution >= 4 is 40.4 Å². The molecule has 4 atom stereocenters. The zero-order valence-corrected chi connectivity index (χ0v) is 23.8. The third-order valence-electron chi connectivity index (χ3n) is 8.46. The summed E-state index contributed by atoms with van der Waals surface area (Å²) in [6, 6.07) is 10.6. The molecule has 2 aliphatic rings. The zero-order chi connectivity index (χ0) is 29.9. The number of carbonyl (C=O) groups is 5. The van der Waals surface area contributed by atoms with Crippen LogP contribution in [0.2, 0.25) is 0 Å². The summed E-state index contributed by atoms with van der Waals surface area (Å²) < 4.78 is 4.94. The van der Waals surface area contributed by atoms with Crippen molar-refractivity contribution in [2.45, 2.75) is 39.8 Å². The maximum absolute atomic E-state index is 14.3. The van der Waals surface area contributed by atoms with Crippen molar-refractivity contribution in [3.05, 3.63) is 47.5 Å². The van der Waals surface area contributed by atoms with Crippen molar-refractivity contribution in [2.75, 3.05) is 39.3 Å². The molecule has 2 heterocycles. The molecule has 1 saturated heterocycles. The lowest BCUT2D eigenvalue weighted by molar-refractivity contribution is -0.851. The van der Waals surface area contributed by atoms with Gasteiger partial charge >= 0.3 is 17.8 Å². The van der Waals surface area contributed by atoms with Crippen LogP contribution in [-0.2, 0) is 19.1 Å². The van der Waals surface area contributed by atoms with Crippen LogP contribution in [0.3, 0.4) is 0 Å². The summed E-state index contributed by atoms with van der Waals surface area (Å²) in [5.41, 5.74) is 6.96. The number of quaternary nitrogens is 1. The van der Waals surface area contributed by atoms with Crippen LogP contribution in [-0.4, -0.2) is 89.6 Å². The molecule has 4 rings (SSSR count). The van der Waals surface area contributed by atoms with Crippen molar-refractivity contribution in [3.63, 3.8) is 0 Å². The smallest absolute Gasteiger partial charge is 0.362 e. The highest BCUT2D eigenvalue weighted by Crippen LogP contribution is 2.36. The van der Waals surface area contributed by atoms with E-state index in [1.54, 1.807) is 26.0 Å². The van der Waals surface area contributed by atoms with E-state index in [9.17, 15) is 29.1 Å². The Morgan fingerprint density at radius 3 is 2.10 bits per heavy atom. The first-order valence-corrected chi connectivity index (χ1v) is 14.2. The number of benzene rings is 2. The minimum Gasteiger partial charge on any atom is -0.481 e. The fraction of sp³-hybridized carbons (Fsp3) is 0.500. The van der Waals surface area contributed by atoms with Crippen molar-refractivity contribution in [1.29, 1.82) is 0 Å². The number of imide groups is 1. The van der Waals surface area contributed by atoms with Gasteiger partial charge in [-0.2, -0.15) is 0 Å². The maximum atomic E-state index is 14.3. The summed E-state index contributed by atoms with van der Waals surface area (Å²) in [6.07, 6.45) is -0.531. The summed E-state index contributed by atoms with van der Waals surface area (Å²) in [4.78, 5) is 67.5. The third kappa shape index (κ3) is 5.74. The van der Waals surface area contributed by atoms with E-state index in [0.29, 0.717) is 32.6 Å². The highest BCUT2D eigenvalue weighted by Gasteiger charge is 2.52. The second-order valence-corrected chi connectivity index (χ2v) is 11.0. The number of aliphatic carboxylic acids is 1. The molecular weight excluding hydrogens is 528 g/mol. The van der Waals surface area contributed by atoms with Crippen LogP contribution in [0.15, 0.2) is 36.4 Å². The number of fused-ring (bicyclic) bond motifs is 2. The van der Waals surface area contributed by atoms with Gasteiger partial charge in [-0.25, -0.2) is 14.1 Å². The van der Waals surface area contributed by atoms with Crippen LogP contribution < -0.4 is 11.1 Å². The SMILES string of the molecule is CCC[C@H](C(=O)[N+]1(CC(=O)OCC)CCNCC1)[C@H](C(=O)O)C(C)C(N)N1C(=O)c2cc3ccccc3cc2C1=O. The lowest BCUT2D eigenvalue weighted by Crippen LogP contribution is -2.66. The molecule has 2 aliphatic heterocycles. The Morgan fingerprint density at radius 2 is 1.61 bits per heavy atom. The summed E-state index contributed by atoms with van der Waals surface area (Å²) in [5.74, 6) is -6.57. The average molecular weight is 568 g/mol. The molecule has 4 N–H and O–H groups in total. The van der Waals surface area contributed by atoms with Gasteiger partial charge < -0.3 is 20.9 Å². The Balaban J connectivity index is 1.66. The monoisotopic (exact) mass is 567 g/mol. The number of nitrogens with zero attached hydrogens (tertiary/aromatic N) is 2. The lowest BCUT2D eigenvalue weighted by atomic mass is 9.77. The largest absolute Gasteiger partial charge is 0.481 e. The Bertz CT molecular complexity index is 1300. The van der Waals surface area contributed by atoms with Crippen LogP contribution in [0, 0.1) is 17.8 Å². The zero-order valence-electron chi connectivity index (χ0n) is 23.8. The van der Waals surface area contributed by atoms with Gasteiger partial charge in [0.05, 0.1) is 48.8 Å². The molecule has 11 heteroatoms. The number of amides is 3. The number of carboxylic acid groups (broad SMARTS) is 1. The molecular formula is C30H39N4O7+. The van der Waals surface area contributed by atoms with Crippen molar-refractivity contribution in [1.82, 2.24) is 10.2 Å². The molecule has 1 fully saturated rings. The molecule has 11 nitrogen and oxygen atoms in total. The van der Waals surface area contributed by atoms with Crippen LogP contribution in [0.25, 0.3) is 10.8 Å². The lowest BCUT2D eigenvalue weighted by Gasteiger charge is -2.42. The number of nitrogens with two attached hydrogens (primary N) is 1. The van der Waals surface area contributed by atoms with Gasteiger partial charge in [-0.05, 0) is 36.2 Å². The number of nitrogens with one attached hydrogen (secondary N) is 1. The Labute approximate surface area is 239 Å². The van der Waals surface area contributed by atoms with E-state index in [4.69, 9.17) is 10.5 Å². The number of hydrogen-bond acceptors (Lipinski definition) is 8. The van der Waals surface area contributed by atoms with Crippen LogP contribution in [0.4, 0.5) is 0 Å². The number of piperazine rings is 1. The minimum absolute atomic E-state index is 0.170. The molecule has 220 valence electrons. The highest BCUT2D eigenvalue weighted by atomic mass is 16.5. The first kappa shape index (κ1) is 30.3. The molecule has 2 aromatic carbocycles. The first-order chi connectivity index (χ1) is 19.6. The van der Waals surface area contributed by atoms with E-state index >= 15 is 0 Å². The number of carboxylic acids is 1. The van der Waals surface area contributed by atoms with Gasteiger partial charge in [0.1, 0.15) is 0 Å². The van der Waals surface area contributed by atoms with Gasteiger partial charge in [-0.15, -0.1) is 0 Å². The summed E-state index contributed by atoms with van der Waals surface area (Å²) in [7, 11) is 0. The van der Waals surface area contributed by atoms with Crippen molar-refractivity contribution in [3.8, 4) is 0 Å². The van der Waals surface area contributed by atoms with Gasteiger partial charge in [-0.1, -0.05) is 44.5 Å². The maximum Gasteiger partial charge on any atom is 0.362 e. The molecule has 41 heavy (non-hydrogen) atoms. The molecule has 0 aromatic heterocycles. The molecule has 2 unspecified atom stereocenters. The summed E-state index contributed by atoms with van der Waals surface area (Å²) in [6.45, 7) is 6.69. The predicted molar refractivity (Wildman–Crippen MR) is 150 cm³/mol. The van der Waals surface area contributed by atoms with E-state index < -0.39 is 47.7 Å². The molecule has 2 aromatic rings. The molecule has 0 saturated carbocycles. The van der Waals surface area contributed by atoms with E-state index in [1.165, 1.54) is 0 Å². The molecule has 0 aliphatic carbocycles. The van der Waals surface area contributed by atoms with Gasteiger partial charge in [0, 0.05) is 19.0 Å². The third-order valence-corrected chi connectivity index (χ3v) is 8.46. The average Bonchev–Trinajstić information content (AvgIpc) is 3.19. The number of ether oxygens (including phenoxy) is 1. The normalized spacial score (nSPS) is 19.4. The molecule has 0 spiro atoms. The quantitative estimate of drug-likeness (QED) is 0.210. The number of hydrogen-bond donors (Lipinski definition) is 3. The van der Waals surface area contributed by atoms with E-state index in [1.807, 2.05) is 31.2 Å². The summed E-state index contributed by atoms with van der Waals surface area (Å²) >= 11 is 0. The van der Waals surface area contributed by atoms with Gasteiger partial charge in [0.15, 0.2) is 6.54 Å². The van der Waals surface area contributed by atoms with Crippen LogP contribution in [0.1, 0.15) is 54.3 Å². The van der Waals surface area contributed by atoms with Gasteiger partial charge in [-0.3, -0.25) is 19.3 Å². The molecule has 0 bridgehead atoms. The Morgan fingerprint density at radius 1 is 1.05 bits per heavy atom. The van der Waals surface area contributed by atoms with Crippen LogP contribution in [0.5, 0.6) is 0 Å². The standard InChI is InChI=1S/C30H38N4O7/c1-4-8-21(29(38)34(13-11-32-12-14-34)17-24(35)41-5-2)25(30(39)40)18(3)26(31)33-27(36)22-15-19-9-6-7-10-20(19)16-23(22)28(33)37/h6-7,9-10,15-16,18,21,25-26,32H,4-5,8,11-14,17,31H2,1-3H3/p+1/t18?,21-,25+,26?/m0/s1. The van der Waals surface area contributed by atoms with E-state index in [0.717, 1.165) is 15.7 Å². The Hall–Kier alpha value is -3.67. The number of rotatable bonds is 11. The predicted octanol–water partition coefficient (Wildman–Crippen LogP) is 1.98. The molecule has 3 amide bonds. The topological polar surface area (TPSA) is 156 Å². The number of carbonyl (C=O) groups excluding carboxylic acids is 4. The summed E-state index contributed by atoms with van der Waals surface area (Å²) in [5, 5.41) is 15.2. The van der Waals surface area contributed by atoms with E-state index in [2.05, 4.69) is 5.32 Å². The minimum atomic E-state index is -1.30.